The second kappa shape index (κ2) is 5.50. The molecule has 0 unspecified atom stereocenters. The number of benzene rings is 3. The van der Waals surface area contributed by atoms with Crippen molar-refractivity contribution in [3.63, 3.8) is 0 Å². The summed E-state index contributed by atoms with van der Waals surface area (Å²) in [6, 6.07) is 19.2. The third kappa shape index (κ3) is 2.45. The van der Waals surface area contributed by atoms with E-state index in [0.717, 1.165) is 5.39 Å². The summed E-state index contributed by atoms with van der Waals surface area (Å²) in [5.41, 5.74) is 0.0624. The van der Waals surface area contributed by atoms with Crippen LogP contribution in [0.5, 0.6) is 0 Å². The van der Waals surface area contributed by atoms with E-state index in [1.54, 1.807) is 54.6 Å². The van der Waals surface area contributed by atoms with E-state index in [2.05, 4.69) is 0 Å². The van der Waals surface area contributed by atoms with Crippen LogP contribution in [0.1, 0.15) is 10.4 Å². The van der Waals surface area contributed by atoms with E-state index >= 15 is 0 Å². The smallest absolute Gasteiger partial charge is 0.0856 e. The van der Waals surface area contributed by atoms with Gasteiger partial charge >= 0.3 is 0 Å². The number of hydrogen-bond donors (Lipinski definition) is 0. The average molecular weight is 295 g/mol. The fourth-order valence-corrected chi connectivity index (χ4v) is 3.58. The molecule has 104 valence electrons. The number of carboxylic acids is 1. The molecule has 0 saturated carbocycles. The Morgan fingerprint density at radius 2 is 1.52 bits per heavy atom. The minimum atomic E-state index is -1.44. The molecular weight excluding hydrogens is 284 g/mol. The van der Waals surface area contributed by atoms with Crippen molar-refractivity contribution in [3.05, 3.63) is 72.3 Å². The second-order valence-corrected chi connectivity index (χ2v) is 5.98. The van der Waals surface area contributed by atoms with Crippen molar-refractivity contribution < 1.29 is 14.1 Å². The molecule has 0 heterocycles. The SMILES string of the molecule is O=C([O-])c1cccc2cccc([S@@](=O)c3ccccc3)c12. The van der Waals surface area contributed by atoms with Crippen LogP contribution in [-0.4, -0.2) is 10.2 Å². The molecule has 0 amide bonds. The molecule has 0 aliphatic heterocycles. The number of carboxylic acid groups (broad SMARTS) is 1. The first-order valence-corrected chi connectivity index (χ1v) is 7.53. The first kappa shape index (κ1) is 13.5. The van der Waals surface area contributed by atoms with E-state index in [-0.39, 0.29) is 5.56 Å². The maximum absolute atomic E-state index is 12.7. The Balaban J connectivity index is 2.28. The minimum Gasteiger partial charge on any atom is -0.545 e. The molecule has 0 aromatic heterocycles. The first-order valence-electron chi connectivity index (χ1n) is 6.38. The van der Waals surface area contributed by atoms with E-state index in [1.807, 2.05) is 6.07 Å². The number of aromatic carboxylic acids is 1. The summed E-state index contributed by atoms with van der Waals surface area (Å²) < 4.78 is 12.7. The molecule has 4 heteroatoms. The van der Waals surface area contributed by atoms with Gasteiger partial charge in [-0.25, -0.2) is 4.21 Å². The van der Waals surface area contributed by atoms with Crippen LogP contribution < -0.4 is 5.11 Å². The standard InChI is InChI=1S/C17H12O3S/c18-17(19)14-10-4-6-12-7-5-11-15(16(12)14)21(20)13-8-2-1-3-9-13/h1-11H,(H,18,19)/p-1/t21-/m0/s1. The lowest BCUT2D eigenvalue weighted by atomic mass is 10.0. The van der Waals surface area contributed by atoms with E-state index in [4.69, 9.17) is 0 Å². The molecule has 0 saturated heterocycles. The number of rotatable bonds is 3. The summed E-state index contributed by atoms with van der Waals surface area (Å²) >= 11 is 0. The molecule has 0 bridgehead atoms. The lowest BCUT2D eigenvalue weighted by molar-refractivity contribution is -0.254. The largest absolute Gasteiger partial charge is 0.545 e. The Morgan fingerprint density at radius 1 is 0.857 bits per heavy atom. The Morgan fingerprint density at radius 3 is 2.19 bits per heavy atom. The zero-order valence-electron chi connectivity index (χ0n) is 11.0. The van der Waals surface area contributed by atoms with Crippen LogP contribution in [0.15, 0.2) is 76.5 Å². The van der Waals surface area contributed by atoms with Gasteiger partial charge in [-0.2, -0.15) is 0 Å². The summed E-state index contributed by atoms with van der Waals surface area (Å²) in [7, 11) is -1.44. The zero-order chi connectivity index (χ0) is 14.8. The van der Waals surface area contributed by atoms with E-state index < -0.39 is 16.8 Å². The van der Waals surface area contributed by atoms with Crippen molar-refractivity contribution in [1.82, 2.24) is 0 Å². The molecular formula is C17H11O3S-. The number of fused-ring (bicyclic) bond motifs is 1. The molecule has 3 nitrogen and oxygen atoms in total. The normalized spacial score (nSPS) is 12.2. The molecule has 3 rings (SSSR count). The molecule has 0 aliphatic carbocycles. The quantitative estimate of drug-likeness (QED) is 0.745. The molecule has 1 atom stereocenters. The predicted molar refractivity (Wildman–Crippen MR) is 79.4 cm³/mol. The molecule has 0 radical (unpaired) electrons. The summed E-state index contributed by atoms with van der Waals surface area (Å²) in [5, 5.41) is 12.5. The maximum atomic E-state index is 12.7. The zero-order valence-corrected chi connectivity index (χ0v) is 11.8. The van der Waals surface area contributed by atoms with Gasteiger partial charge in [0.25, 0.3) is 0 Å². The third-order valence-electron chi connectivity index (χ3n) is 3.24. The van der Waals surface area contributed by atoms with Crippen molar-refractivity contribution in [1.29, 1.82) is 0 Å². The number of carbonyl (C=O) groups excluding carboxylic acids is 1. The van der Waals surface area contributed by atoms with Crippen molar-refractivity contribution in [2.75, 3.05) is 0 Å². The van der Waals surface area contributed by atoms with Gasteiger partial charge in [-0.3, -0.25) is 0 Å². The van der Waals surface area contributed by atoms with Gasteiger partial charge in [0.05, 0.1) is 21.7 Å². The van der Waals surface area contributed by atoms with Crippen LogP contribution in [-0.2, 0) is 10.8 Å². The molecule has 0 fully saturated rings. The molecule has 0 spiro atoms. The molecule has 21 heavy (non-hydrogen) atoms. The van der Waals surface area contributed by atoms with Crippen molar-refractivity contribution in [3.8, 4) is 0 Å². The lowest BCUT2D eigenvalue weighted by Gasteiger charge is -2.12. The topological polar surface area (TPSA) is 57.2 Å². The highest BCUT2D eigenvalue weighted by molar-refractivity contribution is 7.85. The van der Waals surface area contributed by atoms with Crippen LogP contribution in [0.4, 0.5) is 0 Å². The fraction of sp³-hybridized carbons (Fsp3) is 0. The maximum Gasteiger partial charge on any atom is 0.0856 e. The number of carbonyl (C=O) groups is 1. The van der Waals surface area contributed by atoms with E-state index in [1.165, 1.54) is 6.07 Å². The van der Waals surface area contributed by atoms with Gasteiger partial charge in [-0.15, -0.1) is 0 Å². The van der Waals surface area contributed by atoms with Gasteiger partial charge in [0.1, 0.15) is 0 Å². The summed E-state index contributed by atoms with van der Waals surface area (Å²) in [6.07, 6.45) is 0. The van der Waals surface area contributed by atoms with Gasteiger partial charge in [-0.05, 0) is 23.6 Å². The van der Waals surface area contributed by atoms with Crippen LogP contribution in [0.3, 0.4) is 0 Å². The lowest BCUT2D eigenvalue weighted by Crippen LogP contribution is -2.22. The first-order chi connectivity index (χ1) is 10.2. The third-order valence-corrected chi connectivity index (χ3v) is 4.68. The van der Waals surface area contributed by atoms with Crippen LogP contribution in [0.25, 0.3) is 10.8 Å². The highest BCUT2D eigenvalue weighted by Gasteiger charge is 2.13. The van der Waals surface area contributed by atoms with E-state index in [0.29, 0.717) is 15.2 Å². The van der Waals surface area contributed by atoms with Crippen LogP contribution >= 0.6 is 0 Å². The summed E-state index contributed by atoms with van der Waals surface area (Å²) in [4.78, 5) is 12.4. The summed E-state index contributed by atoms with van der Waals surface area (Å²) in [5.74, 6) is -1.27. The molecule has 0 aliphatic rings. The monoisotopic (exact) mass is 295 g/mol. The van der Waals surface area contributed by atoms with Gasteiger partial charge in [-0.1, -0.05) is 48.5 Å². The van der Waals surface area contributed by atoms with Gasteiger partial charge in [0, 0.05) is 15.8 Å². The average Bonchev–Trinajstić information content (AvgIpc) is 2.53. The van der Waals surface area contributed by atoms with Crippen LogP contribution in [0, 0.1) is 0 Å². The Hall–Kier alpha value is -2.46. The van der Waals surface area contributed by atoms with E-state index in [9.17, 15) is 14.1 Å². The number of hydrogen-bond acceptors (Lipinski definition) is 3. The van der Waals surface area contributed by atoms with Gasteiger partial charge in [0.15, 0.2) is 0 Å². The van der Waals surface area contributed by atoms with Gasteiger partial charge in [0.2, 0.25) is 0 Å². The molecule has 3 aromatic rings. The molecule has 3 aromatic carbocycles. The Bertz CT molecular complexity index is 836. The Labute approximate surface area is 124 Å². The highest BCUT2D eigenvalue weighted by Crippen LogP contribution is 2.28. The molecule has 0 N–H and O–H groups in total. The second-order valence-electron chi connectivity index (χ2n) is 4.53. The van der Waals surface area contributed by atoms with Crippen molar-refractivity contribution in [2.24, 2.45) is 0 Å². The minimum absolute atomic E-state index is 0.0624. The predicted octanol–water partition coefficient (Wildman–Crippen LogP) is 2.37. The van der Waals surface area contributed by atoms with Crippen LogP contribution in [0.2, 0.25) is 0 Å². The van der Waals surface area contributed by atoms with Gasteiger partial charge < -0.3 is 9.90 Å². The van der Waals surface area contributed by atoms with Crippen molar-refractivity contribution >= 4 is 27.5 Å². The highest BCUT2D eigenvalue weighted by atomic mass is 32.2. The summed E-state index contributed by atoms with van der Waals surface area (Å²) in [6.45, 7) is 0. The fourth-order valence-electron chi connectivity index (χ4n) is 2.30. The Kier molecular flexibility index (Phi) is 3.54. The van der Waals surface area contributed by atoms with Crippen molar-refractivity contribution in [2.45, 2.75) is 9.79 Å².